The number of carbonyl (C=O) groups excluding carboxylic acids is 3. The van der Waals surface area contributed by atoms with Gasteiger partial charge in [-0.15, -0.1) is 0 Å². The molecular formula is C24H27FN6O4S. The van der Waals surface area contributed by atoms with Crippen molar-refractivity contribution in [2.24, 2.45) is 5.73 Å². The summed E-state index contributed by atoms with van der Waals surface area (Å²) in [7, 11) is 5.24. The third kappa shape index (κ3) is 5.78. The highest BCUT2D eigenvalue weighted by Gasteiger charge is 2.36. The van der Waals surface area contributed by atoms with Crippen LogP contribution in [0.5, 0.6) is 0 Å². The van der Waals surface area contributed by atoms with Crippen molar-refractivity contribution in [3.8, 4) is 0 Å². The largest absolute Gasteiger partial charge is 0.395 e. The van der Waals surface area contributed by atoms with Crippen LogP contribution in [-0.2, 0) is 9.53 Å². The van der Waals surface area contributed by atoms with E-state index in [1.807, 2.05) is 19.0 Å². The molecule has 190 valence electrons. The van der Waals surface area contributed by atoms with E-state index in [0.717, 1.165) is 16.7 Å². The number of halogens is 1. The van der Waals surface area contributed by atoms with E-state index in [1.54, 1.807) is 24.3 Å². The molecule has 0 saturated heterocycles. The smallest absolute Gasteiger partial charge is 0.273 e. The fourth-order valence-electron chi connectivity index (χ4n) is 3.49. The predicted octanol–water partition coefficient (Wildman–Crippen LogP) is 2.18. The minimum Gasteiger partial charge on any atom is -0.395 e. The Labute approximate surface area is 211 Å². The number of nitrogen functional groups attached to an aromatic ring is 1. The molecule has 3 amide bonds. The van der Waals surface area contributed by atoms with Gasteiger partial charge in [0.25, 0.3) is 11.8 Å². The van der Waals surface area contributed by atoms with E-state index in [1.165, 1.54) is 25.3 Å². The average Bonchev–Trinajstić information content (AvgIpc) is 3.23. The van der Waals surface area contributed by atoms with E-state index in [4.69, 9.17) is 16.2 Å². The van der Waals surface area contributed by atoms with Gasteiger partial charge in [-0.1, -0.05) is 18.2 Å². The van der Waals surface area contributed by atoms with Crippen molar-refractivity contribution >= 4 is 46.3 Å². The Kier molecular flexibility index (Phi) is 8.56. The van der Waals surface area contributed by atoms with Crippen LogP contribution in [0.3, 0.4) is 0 Å². The molecule has 5 N–H and O–H groups in total. The number of benzene rings is 2. The number of carbonyl (C=O) groups is 3. The number of anilines is 3. The molecule has 0 fully saturated rings. The molecule has 0 saturated carbocycles. The van der Waals surface area contributed by atoms with Gasteiger partial charge in [0, 0.05) is 39.1 Å². The van der Waals surface area contributed by atoms with Gasteiger partial charge in [0.15, 0.2) is 5.69 Å². The lowest BCUT2D eigenvalue weighted by Crippen LogP contribution is -2.44. The molecule has 1 aromatic heterocycles. The van der Waals surface area contributed by atoms with Crippen LogP contribution in [-0.4, -0.2) is 56.5 Å². The molecule has 0 aliphatic rings. The zero-order chi connectivity index (χ0) is 26.4. The third-order valence-corrected chi connectivity index (χ3v) is 6.15. The number of primary amides is 1. The monoisotopic (exact) mass is 514 g/mol. The highest BCUT2D eigenvalue weighted by atomic mass is 32.1. The molecule has 36 heavy (non-hydrogen) atoms. The molecule has 0 unspecified atom stereocenters. The number of methoxy groups -OCH3 is 1. The maximum Gasteiger partial charge on any atom is 0.273 e. The first-order valence-electron chi connectivity index (χ1n) is 10.8. The van der Waals surface area contributed by atoms with Crippen molar-refractivity contribution in [1.82, 2.24) is 9.69 Å². The molecule has 3 rings (SSSR count). The summed E-state index contributed by atoms with van der Waals surface area (Å²) in [5.74, 6) is -2.78. The molecule has 3 aromatic rings. The Balaban J connectivity index is 2.18. The number of nitrogens with two attached hydrogens (primary N) is 2. The second-order valence-corrected chi connectivity index (χ2v) is 8.74. The van der Waals surface area contributed by atoms with E-state index in [-0.39, 0.29) is 35.1 Å². The number of nitrogens with one attached hydrogen (secondary N) is 1. The lowest BCUT2D eigenvalue weighted by molar-refractivity contribution is -0.122. The minimum atomic E-state index is -1.22. The molecule has 1 atom stereocenters. The molecule has 1 heterocycles. The molecule has 0 bridgehead atoms. The molecule has 0 aliphatic heterocycles. The van der Waals surface area contributed by atoms with E-state index in [0.29, 0.717) is 17.1 Å². The summed E-state index contributed by atoms with van der Waals surface area (Å²) in [6, 6.07) is 11.1. The zero-order valence-electron chi connectivity index (χ0n) is 20.0. The van der Waals surface area contributed by atoms with Gasteiger partial charge in [-0.2, -0.15) is 4.37 Å². The molecule has 0 aliphatic carbocycles. The van der Waals surface area contributed by atoms with Crippen molar-refractivity contribution in [2.75, 3.05) is 49.9 Å². The number of amides is 3. The number of ether oxygens (including phenoxy) is 1. The lowest BCUT2D eigenvalue weighted by Gasteiger charge is -2.31. The van der Waals surface area contributed by atoms with Crippen LogP contribution in [0.25, 0.3) is 0 Å². The van der Waals surface area contributed by atoms with E-state index in [9.17, 15) is 18.8 Å². The van der Waals surface area contributed by atoms with Gasteiger partial charge in [0.05, 0.1) is 12.3 Å². The summed E-state index contributed by atoms with van der Waals surface area (Å²) < 4.78 is 23.2. The van der Waals surface area contributed by atoms with Crippen LogP contribution < -0.4 is 26.6 Å². The van der Waals surface area contributed by atoms with Gasteiger partial charge in [-0.25, -0.2) is 4.39 Å². The molecular weight excluding hydrogens is 487 g/mol. The first-order chi connectivity index (χ1) is 17.1. The summed E-state index contributed by atoms with van der Waals surface area (Å²) in [5.41, 5.74) is 12.3. The first kappa shape index (κ1) is 26.6. The SMILES string of the molecule is COCCNC(=O)[C@H](c1ccc(N(C)C)cc1)N(C(=O)c1snc(C(N)=O)c1N)c1cccc(F)c1. The second-order valence-electron chi connectivity index (χ2n) is 7.97. The number of hydrogen-bond donors (Lipinski definition) is 3. The van der Waals surface area contributed by atoms with Crippen molar-refractivity contribution in [3.05, 3.63) is 70.5 Å². The number of rotatable bonds is 10. The summed E-state index contributed by atoms with van der Waals surface area (Å²) in [6.07, 6.45) is 0. The van der Waals surface area contributed by atoms with Crippen molar-refractivity contribution in [1.29, 1.82) is 0 Å². The van der Waals surface area contributed by atoms with Gasteiger partial charge in [0.1, 0.15) is 16.7 Å². The summed E-state index contributed by atoms with van der Waals surface area (Å²) >= 11 is 0.673. The molecule has 0 spiro atoms. The molecule has 0 radical (unpaired) electrons. The second kappa shape index (κ2) is 11.6. The fraction of sp³-hybridized carbons (Fsp3) is 0.250. The summed E-state index contributed by atoms with van der Waals surface area (Å²) in [4.78, 5) is 41.9. The van der Waals surface area contributed by atoms with Crippen molar-refractivity contribution in [3.63, 3.8) is 0 Å². The maximum absolute atomic E-state index is 14.3. The van der Waals surface area contributed by atoms with E-state index < -0.39 is 29.6 Å². The average molecular weight is 515 g/mol. The van der Waals surface area contributed by atoms with Crippen LogP contribution in [0, 0.1) is 5.82 Å². The number of aromatic nitrogens is 1. The fourth-order valence-corrected chi connectivity index (χ4v) is 4.24. The van der Waals surface area contributed by atoms with E-state index >= 15 is 0 Å². The van der Waals surface area contributed by atoms with Crippen LogP contribution >= 0.6 is 11.5 Å². The minimum absolute atomic E-state index is 0.104. The Hall–Kier alpha value is -4.03. The van der Waals surface area contributed by atoms with Crippen LogP contribution in [0.15, 0.2) is 48.5 Å². The normalized spacial score (nSPS) is 11.6. The quantitative estimate of drug-likeness (QED) is 0.352. The van der Waals surface area contributed by atoms with Gasteiger partial charge >= 0.3 is 0 Å². The van der Waals surface area contributed by atoms with Crippen molar-refractivity contribution in [2.45, 2.75) is 6.04 Å². The molecule has 12 heteroatoms. The Morgan fingerprint density at radius 2 is 1.83 bits per heavy atom. The summed E-state index contributed by atoms with van der Waals surface area (Å²) in [5, 5.41) is 2.75. The van der Waals surface area contributed by atoms with Crippen LogP contribution in [0.4, 0.5) is 21.5 Å². The van der Waals surface area contributed by atoms with E-state index in [2.05, 4.69) is 9.69 Å². The standard InChI is InChI=1S/C24H27FN6O4S/c1-30(2)16-9-7-14(8-10-16)20(23(33)28-11-12-35-3)31(17-6-4-5-15(25)13-17)24(34)21-18(26)19(22(27)32)29-36-21/h4-10,13,20H,11-12,26H2,1-3H3,(H2,27,32)(H,28,33)/t20-/m0/s1. The first-order valence-corrected chi connectivity index (χ1v) is 11.6. The van der Waals surface area contributed by atoms with Crippen LogP contribution in [0.1, 0.15) is 31.8 Å². The van der Waals surface area contributed by atoms with Crippen molar-refractivity contribution < 1.29 is 23.5 Å². The number of hydrogen-bond acceptors (Lipinski definition) is 8. The maximum atomic E-state index is 14.3. The predicted molar refractivity (Wildman–Crippen MR) is 137 cm³/mol. The molecule has 10 nitrogen and oxygen atoms in total. The Morgan fingerprint density at radius 3 is 2.39 bits per heavy atom. The van der Waals surface area contributed by atoms with Gasteiger partial charge in [-0.05, 0) is 47.4 Å². The third-order valence-electron chi connectivity index (χ3n) is 5.30. The molecule has 2 aromatic carbocycles. The van der Waals surface area contributed by atoms with Gasteiger partial charge in [-0.3, -0.25) is 19.3 Å². The Bertz CT molecular complexity index is 1250. The zero-order valence-corrected chi connectivity index (χ0v) is 20.8. The summed E-state index contributed by atoms with van der Waals surface area (Å²) in [6.45, 7) is 0.428. The van der Waals surface area contributed by atoms with Crippen LogP contribution in [0.2, 0.25) is 0 Å². The topological polar surface area (TPSA) is 144 Å². The highest BCUT2D eigenvalue weighted by Crippen LogP contribution is 2.34. The van der Waals surface area contributed by atoms with Gasteiger partial charge < -0.3 is 26.4 Å². The van der Waals surface area contributed by atoms with Gasteiger partial charge in [0.2, 0.25) is 5.91 Å². The highest BCUT2D eigenvalue weighted by molar-refractivity contribution is 7.09. The number of nitrogens with zero attached hydrogens (tertiary/aromatic N) is 3. The Morgan fingerprint density at radius 1 is 1.14 bits per heavy atom. The lowest BCUT2D eigenvalue weighted by atomic mass is 10.0.